The maximum absolute atomic E-state index is 14.0. The largest absolute Gasteiger partial charge is 0.493 e. The van der Waals surface area contributed by atoms with Crippen molar-refractivity contribution in [3.05, 3.63) is 51.2 Å². The fourth-order valence-corrected chi connectivity index (χ4v) is 9.16. The van der Waals surface area contributed by atoms with E-state index in [9.17, 15) is 17.7 Å². The molecule has 2 heterocycles. The zero-order valence-electron chi connectivity index (χ0n) is 24.9. The van der Waals surface area contributed by atoms with E-state index < -0.39 is 35.0 Å². The van der Waals surface area contributed by atoms with Gasteiger partial charge >= 0.3 is 6.18 Å². The van der Waals surface area contributed by atoms with Gasteiger partial charge in [-0.3, -0.25) is 4.57 Å². The summed E-state index contributed by atoms with van der Waals surface area (Å²) in [6.45, 7) is 15.7. The van der Waals surface area contributed by atoms with Crippen molar-refractivity contribution in [1.29, 1.82) is 0 Å². The first-order chi connectivity index (χ1) is 18.4. The number of rotatable bonds is 11. The average molecular weight is 602 g/mol. The van der Waals surface area contributed by atoms with Gasteiger partial charge in [0.25, 0.3) is 0 Å². The minimum Gasteiger partial charge on any atom is -0.493 e. The zero-order chi connectivity index (χ0) is 30.0. The Morgan fingerprint density at radius 2 is 1.70 bits per heavy atom. The van der Waals surface area contributed by atoms with Gasteiger partial charge in [-0.2, -0.15) is 13.2 Å². The minimum absolute atomic E-state index is 0.0627. The number of alkyl halides is 3. The Morgan fingerprint density at radius 1 is 1.02 bits per heavy atom. The van der Waals surface area contributed by atoms with Gasteiger partial charge in [0.2, 0.25) is 7.37 Å². The van der Waals surface area contributed by atoms with Crippen LogP contribution in [-0.2, 0) is 32.8 Å². The summed E-state index contributed by atoms with van der Waals surface area (Å²) >= 11 is 1.69. The molecular weight excluding hydrogens is 558 g/mol. The molecule has 0 radical (unpaired) electrons. The topological polar surface area (TPSA) is 57.1 Å². The molecule has 5 nitrogen and oxygen atoms in total. The third kappa shape index (κ3) is 7.92. The summed E-state index contributed by atoms with van der Waals surface area (Å²) < 4.78 is 73.5. The highest BCUT2D eigenvalue weighted by atomic mass is 32.1. The molecule has 10 heteroatoms. The smallest absolute Gasteiger partial charge is 0.419 e. The van der Waals surface area contributed by atoms with Gasteiger partial charge in [0, 0.05) is 27.0 Å². The third-order valence-electron chi connectivity index (χ3n) is 7.08. The summed E-state index contributed by atoms with van der Waals surface area (Å²) in [5.74, 6) is 0.327. The van der Waals surface area contributed by atoms with E-state index in [0.29, 0.717) is 30.7 Å². The van der Waals surface area contributed by atoms with Crippen LogP contribution >= 0.6 is 18.7 Å². The van der Waals surface area contributed by atoms with E-state index >= 15 is 0 Å². The highest BCUT2D eigenvalue weighted by molar-refractivity contribution is 7.62. The van der Waals surface area contributed by atoms with Crippen LogP contribution < -0.4 is 4.74 Å². The van der Waals surface area contributed by atoms with Crippen molar-refractivity contribution in [2.75, 3.05) is 19.8 Å². The molecule has 1 unspecified atom stereocenters. The Labute approximate surface area is 241 Å². The second kappa shape index (κ2) is 12.2. The van der Waals surface area contributed by atoms with Crippen molar-refractivity contribution >= 4 is 24.6 Å². The van der Waals surface area contributed by atoms with Crippen molar-refractivity contribution in [2.45, 2.75) is 103 Å². The lowest BCUT2D eigenvalue weighted by Gasteiger charge is -2.41. The van der Waals surface area contributed by atoms with Crippen molar-refractivity contribution in [1.82, 2.24) is 0 Å². The quantitative estimate of drug-likeness (QED) is 0.190. The number of hydrogen-bond donors (Lipinski definition) is 0. The van der Waals surface area contributed by atoms with Gasteiger partial charge in [-0.1, -0.05) is 47.6 Å². The first-order valence-electron chi connectivity index (χ1n) is 13.7. The Balaban J connectivity index is 1.72. The molecule has 0 fully saturated rings. The summed E-state index contributed by atoms with van der Waals surface area (Å²) in [7, 11) is -3.16. The van der Waals surface area contributed by atoms with Gasteiger partial charge in [-0.05, 0) is 62.4 Å². The van der Waals surface area contributed by atoms with Crippen LogP contribution in [0.2, 0.25) is 0 Å². The summed E-state index contributed by atoms with van der Waals surface area (Å²) in [5, 5.41) is -1.18. The van der Waals surface area contributed by atoms with Crippen molar-refractivity contribution in [3.63, 3.8) is 0 Å². The molecule has 3 rings (SSSR count). The van der Waals surface area contributed by atoms with Crippen LogP contribution in [0.15, 0.2) is 35.3 Å². The van der Waals surface area contributed by atoms with E-state index in [0.717, 1.165) is 12.5 Å². The molecule has 0 bridgehead atoms. The Hall–Kier alpha value is -1.83. The number of aliphatic imine (C=N–C) groups is 1. The number of nitrogens with zero attached hydrogens (tertiary/aromatic N) is 1. The molecule has 0 saturated heterocycles. The maximum Gasteiger partial charge on any atom is 0.419 e. The van der Waals surface area contributed by atoms with Crippen LogP contribution in [0.25, 0.3) is 0 Å². The molecule has 0 spiro atoms. The fraction of sp³-hybridized carbons (Fsp3) is 0.633. The van der Waals surface area contributed by atoms with Gasteiger partial charge < -0.3 is 14.0 Å². The SMILES string of the molecule is CC1=NC(CCc2ccc(OCCCc3ccc(C)s3)c(C(F)(F)F)c2)(COP(=O)(C(C)(C)C)C(C)(C)C)CO1. The van der Waals surface area contributed by atoms with Crippen LogP contribution in [-0.4, -0.2) is 41.6 Å². The Morgan fingerprint density at radius 3 is 2.23 bits per heavy atom. The highest BCUT2D eigenvalue weighted by Crippen LogP contribution is 2.67. The number of halogens is 3. The number of thiophene rings is 1. The predicted molar refractivity (Wildman–Crippen MR) is 157 cm³/mol. The maximum atomic E-state index is 14.0. The lowest BCUT2D eigenvalue weighted by atomic mass is 9.93. The molecule has 1 aromatic heterocycles. The molecule has 1 aliphatic rings. The molecule has 0 saturated carbocycles. The molecule has 40 heavy (non-hydrogen) atoms. The number of aryl methyl sites for hydroxylation is 3. The summed E-state index contributed by atoms with van der Waals surface area (Å²) in [4.78, 5) is 7.07. The second-order valence-corrected chi connectivity index (χ2v) is 18.0. The van der Waals surface area contributed by atoms with Crippen LogP contribution in [0.4, 0.5) is 13.2 Å². The van der Waals surface area contributed by atoms with E-state index in [1.807, 2.05) is 60.6 Å². The molecule has 1 aromatic carbocycles. The number of benzene rings is 1. The lowest BCUT2D eigenvalue weighted by molar-refractivity contribution is -0.139. The van der Waals surface area contributed by atoms with Crippen LogP contribution in [0.1, 0.15) is 82.2 Å². The van der Waals surface area contributed by atoms with E-state index in [4.69, 9.17) is 14.0 Å². The zero-order valence-corrected chi connectivity index (χ0v) is 26.6. The van der Waals surface area contributed by atoms with Gasteiger partial charge in [-0.15, -0.1) is 11.3 Å². The van der Waals surface area contributed by atoms with Gasteiger partial charge in [0.05, 0.1) is 18.8 Å². The van der Waals surface area contributed by atoms with Gasteiger partial charge in [-0.25, -0.2) is 4.99 Å². The molecule has 1 aliphatic heterocycles. The summed E-state index contributed by atoms with van der Waals surface area (Å²) in [6, 6.07) is 8.32. The first-order valence-corrected chi connectivity index (χ1v) is 16.1. The monoisotopic (exact) mass is 601 g/mol. The Bertz CT molecular complexity index is 1220. The summed E-state index contributed by atoms with van der Waals surface area (Å²) in [5.41, 5.74) is -1.10. The van der Waals surface area contributed by atoms with Crippen LogP contribution in [0.3, 0.4) is 0 Å². The van der Waals surface area contributed by atoms with Crippen LogP contribution in [0.5, 0.6) is 5.75 Å². The lowest BCUT2D eigenvalue weighted by Crippen LogP contribution is -2.38. The van der Waals surface area contributed by atoms with E-state index in [-0.39, 0.29) is 25.6 Å². The first kappa shape index (κ1) is 32.7. The van der Waals surface area contributed by atoms with Gasteiger partial charge in [0.15, 0.2) is 5.90 Å². The molecule has 0 aliphatic carbocycles. The normalized spacial score (nSPS) is 18.5. The van der Waals surface area contributed by atoms with E-state index in [2.05, 4.69) is 4.99 Å². The van der Waals surface area contributed by atoms with Crippen molar-refractivity contribution in [3.8, 4) is 5.75 Å². The number of hydrogen-bond acceptors (Lipinski definition) is 6. The summed E-state index contributed by atoms with van der Waals surface area (Å²) in [6.07, 6.45) is -2.45. The highest BCUT2D eigenvalue weighted by Gasteiger charge is 2.50. The standard InChI is InChI=1S/C30H43F3NO4PS/c1-21-11-13-24(40-21)10-9-17-36-26-14-12-23(18-25(26)30(31,32)33)15-16-29(19-37-22(2)34-29)20-38-39(35,27(3,4)5)28(6,7)8/h11-14,18H,9-10,15-17,19-20H2,1-8H3. The Kier molecular flexibility index (Phi) is 9.96. The van der Waals surface area contributed by atoms with E-state index in [1.165, 1.54) is 15.8 Å². The molecule has 224 valence electrons. The van der Waals surface area contributed by atoms with Crippen LogP contribution in [0, 0.1) is 6.92 Å². The molecule has 0 amide bonds. The molecular formula is C30H43F3NO4PS. The van der Waals surface area contributed by atoms with E-state index in [1.54, 1.807) is 24.3 Å². The fourth-order valence-electron chi connectivity index (χ4n) is 5.02. The predicted octanol–water partition coefficient (Wildman–Crippen LogP) is 9.10. The second-order valence-electron chi connectivity index (χ2n) is 12.6. The molecule has 0 N–H and O–H groups in total. The number of ether oxygens (including phenoxy) is 2. The van der Waals surface area contributed by atoms with Crippen molar-refractivity contribution in [2.24, 2.45) is 4.99 Å². The van der Waals surface area contributed by atoms with Crippen molar-refractivity contribution < 1.29 is 31.7 Å². The molecule has 1 atom stereocenters. The molecule has 2 aromatic rings. The third-order valence-corrected chi connectivity index (χ3v) is 12.2. The van der Waals surface area contributed by atoms with Gasteiger partial charge in [0.1, 0.15) is 17.9 Å². The average Bonchev–Trinajstić information content (AvgIpc) is 3.42. The minimum atomic E-state index is -4.55.